The summed E-state index contributed by atoms with van der Waals surface area (Å²) in [6, 6.07) is 21.6. The van der Waals surface area contributed by atoms with Crippen molar-refractivity contribution in [2.45, 2.75) is 71.0 Å². The van der Waals surface area contributed by atoms with Crippen LogP contribution in [0.1, 0.15) is 48.0 Å². The van der Waals surface area contributed by atoms with Gasteiger partial charge in [0.2, 0.25) is 0 Å². The molecule has 4 heteroatoms. The average molecular weight is 439 g/mol. The molecule has 3 rings (SSSR count). The molecule has 1 heterocycles. The average Bonchev–Trinajstić information content (AvgIpc) is 3.09. The zero-order valence-electron chi connectivity index (χ0n) is 19.9. The van der Waals surface area contributed by atoms with Crippen molar-refractivity contribution >= 4 is 18.7 Å². The molecule has 0 bridgehead atoms. The van der Waals surface area contributed by atoms with Crippen molar-refractivity contribution < 1.29 is 13.9 Å². The number of ether oxygens (including phenoxy) is 2. The molecule has 0 radical (unpaired) electrons. The quantitative estimate of drug-likeness (QED) is 0.414. The summed E-state index contributed by atoms with van der Waals surface area (Å²) in [6.07, 6.45) is 2.77. The van der Waals surface area contributed by atoms with E-state index in [1.807, 2.05) is 19.9 Å². The lowest BCUT2D eigenvalue weighted by molar-refractivity contribution is -0.141. The van der Waals surface area contributed by atoms with E-state index in [0.29, 0.717) is 6.61 Å². The molecule has 2 aromatic rings. The third-order valence-electron chi connectivity index (χ3n) is 6.27. The molecular formula is C27H38O3Si. The molecule has 0 amide bonds. The molecule has 0 saturated carbocycles. The standard InChI is InChI=1S/C27H38O3Si/c1-8-21(2)25(19-22-20-28-27(6,7)29-22)30-31(26(3,4)5,23-15-11-9-12-16-23)24-17-13-10-14-18-24/h8-18,21-22,25H,1,19-20H2,2-7H3/t21-,22-,25-/m0/s1. The molecule has 168 valence electrons. The lowest BCUT2D eigenvalue weighted by atomic mass is 10.00. The van der Waals surface area contributed by atoms with Crippen LogP contribution in [0.3, 0.4) is 0 Å². The minimum atomic E-state index is -2.64. The fraction of sp³-hybridized carbons (Fsp3) is 0.481. The van der Waals surface area contributed by atoms with E-state index in [0.717, 1.165) is 6.42 Å². The van der Waals surface area contributed by atoms with E-state index in [2.05, 4.69) is 94.9 Å². The molecule has 0 aliphatic carbocycles. The second kappa shape index (κ2) is 9.41. The Labute approximate surface area is 189 Å². The molecule has 1 aliphatic heterocycles. The molecule has 3 atom stereocenters. The highest BCUT2D eigenvalue weighted by Gasteiger charge is 2.52. The van der Waals surface area contributed by atoms with Gasteiger partial charge in [0.05, 0.1) is 18.8 Å². The smallest absolute Gasteiger partial charge is 0.261 e. The summed E-state index contributed by atoms with van der Waals surface area (Å²) in [7, 11) is -2.64. The summed E-state index contributed by atoms with van der Waals surface area (Å²) in [6.45, 7) is 17.8. The predicted octanol–water partition coefficient (Wildman–Crippen LogP) is 5.30. The van der Waals surface area contributed by atoms with Crippen LogP contribution in [-0.4, -0.2) is 32.9 Å². The van der Waals surface area contributed by atoms with E-state index in [1.165, 1.54) is 10.4 Å². The van der Waals surface area contributed by atoms with Crippen LogP contribution in [0, 0.1) is 5.92 Å². The van der Waals surface area contributed by atoms with Gasteiger partial charge in [0.1, 0.15) is 0 Å². The first-order valence-corrected chi connectivity index (χ1v) is 13.2. The number of hydrogen-bond acceptors (Lipinski definition) is 3. The highest BCUT2D eigenvalue weighted by molar-refractivity contribution is 6.99. The van der Waals surface area contributed by atoms with Crippen molar-refractivity contribution in [3.8, 4) is 0 Å². The Kier molecular flexibility index (Phi) is 7.27. The van der Waals surface area contributed by atoms with E-state index in [9.17, 15) is 0 Å². The fourth-order valence-corrected chi connectivity index (χ4v) is 9.36. The minimum Gasteiger partial charge on any atom is -0.404 e. The molecule has 2 aromatic carbocycles. The summed E-state index contributed by atoms with van der Waals surface area (Å²) in [5.41, 5.74) is 0. The Morgan fingerprint density at radius 2 is 1.58 bits per heavy atom. The van der Waals surface area contributed by atoms with Gasteiger partial charge < -0.3 is 13.9 Å². The van der Waals surface area contributed by atoms with Gasteiger partial charge in [0.25, 0.3) is 8.32 Å². The molecule has 3 nitrogen and oxygen atoms in total. The Balaban J connectivity index is 2.08. The van der Waals surface area contributed by atoms with Gasteiger partial charge in [0.15, 0.2) is 5.79 Å². The Bertz CT molecular complexity index is 802. The molecule has 0 aromatic heterocycles. The van der Waals surface area contributed by atoms with Crippen LogP contribution in [0.5, 0.6) is 0 Å². The van der Waals surface area contributed by atoms with Gasteiger partial charge in [-0.05, 0) is 35.2 Å². The van der Waals surface area contributed by atoms with Crippen LogP contribution in [0.4, 0.5) is 0 Å². The van der Waals surface area contributed by atoms with E-state index in [1.54, 1.807) is 0 Å². The normalized spacial score (nSPS) is 20.9. The number of hydrogen-bond donors (Lipinski definition) is 0. The van der Waals surface area contributed by atoms with E-state index < -0.39 is 14.1 Å². The third kappa shape index (κ3) is 5.20. The number of benzene rings is 2. The molecule has 0 N–H and O–H groups in total. The second-order valence-corrected chi connectivity index (χ2v) is 14.4. The largest absolute Gasteiger partial charge is 0.404 e. The Morgan fingerprint density at radius 3 is 1.97 bits per heavy atom. The molecule has 0 unspecified atom stereocenters. The van der Waals surface area contributed by atoms with Gasteiger partial charge in [-0.3, -0.25) is 0 Å². The van der Waals surface area contributed by atoms with Crippen LogP contribution in [0.15, 0.2) is 73.3 Å². The van der Waals surface area contributed by atoms with Crippen molar-refractivity contribution in [1.82, 2.24) is 0 Å². The van der Waals surface area contributed by atoms with E-state index in [-0.39, 0.29) is 23.2 Å². The molecule has 0 spiro atoms. The fourth-order valence-electron chi connectivity index (χ4n) is 4.58. The molecular weight excluding hydrogens is 400 g/mol. The first-order valence-electron chi connectivity index (χ1n) is 11.3. The summed E-state index contributed by atoms with van der Waals surface area (Å²) in [5, 5.41) is 2.51. The summed E-state index contributed by atoms with van der Waals surface area (Å²) in [5.74, 6) is -0.349. The van der Waals surface area contributed by atoms with Crippen LogP contribution >= 0.6 is 0 Å². The van der Waals surface area contributed by atoms with Crippen molar-refractivity contribution in [2.75, 3.05) is 6.61 Å². The van der Waals surface area contributed by atoms with Crippen LogP contribution in [-0.2, 0) is 13.9 Å². The molecule has 1 fully saturated rings. The van der Waals surface area contributed by atoms with Gasteiger partial charge >= 0.3 is 0 Å². The van der Waals surface area contributed by atoms with Gasteiger partial charge in [-0.2, -0.15) is 0 Å². The van der Waals surface area contributed by atoms with Crippen molar-refractivity contribution in [1.29, 1.82) is 0 Å². The van der Waals surface area contributed by atoms with Crippen molar-refractivity contribution in [3.05, 3.63) is 73.3 Å². The van der Waals surface area contributed by atoms with Gasteiger partial charge in [-0.25, -0.2) is 0 Å². The van der Waals surface area contributed by atoms with Crippen molar-refractivity contribution in [2.24, 2.45) is 5.92 Å². The summed E-state index contributed by atoms with van der Waals surface area (Å²) in [4.78, 5) is 0. The van der Waals surface area contributed by atoms with E-state index in [4.69, 9.17) is 13.9 Å². The topological polar surface area (TPSA) is 27.7 Å². The maximum atomic E-state index is 7.39. The molecule has 1 saturated heterocycles. The third-order valence-corrected chi connectivity index (χ3v) is 11.3. The maximum Gasteiger partial charge on any atom is 0.261 e. The van der Waals surface area contributed by atoms with Gasteiger partial charge in [-0.1, -0.05) is 94.4 Å². The van der Waals surface area contributed by atoms with Crippen molar-refractivity contribution in [3.63, 3.8) is 0 Å². The Morgan fingerprint density at radius 1 is 1.06 bits per heavy atom. The monoisotopic (exact) mass is 438 g/mol. The van der Waals surface area contributed by atoms with Gasteiger partial charge in [-0.15, -0.1) is 6.58 Å². The maximum absolute atomic E-state index is 7.39. The lowest BCUT2D eigenvalue weighted by Gasteiger charge is -2.46. The van der Waals surface area contributed by atoms with Crippen LogP contribution < -0.4 is 10.4 Å². The zero-order chi connectivity index (χ0) is 22.7. The van der Waals surface area contributed by atoms with E-state index >= 15 is 0 Å². The highest BCUT2D eigenvalue weighted by Crippen LogP contribution is 2.39. The van der Waals surface area contributed by atoms with Gasteiger partial charge in [0, 0.05) is 6.42 Å². The lowest BCUT2D eigenvalue weighted by Crippen LogP contribution is -2.68. The SMILES string of the molecule is C=C[C@H](C)[C@H](C[C@H]1COC(C)(C)O1)O[Si](c1ccccc1)(c1ccccc1)C(C)(C)C. The summed E-state index contributed by atoms with van der Waals surface area (Å²) < 4.78 is 19.4. The van der Waals surface area contributed by atoms with Crippen LogP contribution in [0.25, 0.3) is 0 Å². The summed E-state index contributed by atoms with van der Waals surface area (Å²) >= 11 is 0. The first kappa shape index (κ1) is 23.9. The Hall–Kier alpha value is -1.72. The zero-order valence-corrected chi connectivity index (χ0v) is 20.9. The first-order chi connectivity index (χ1) is 14.6. The molecule has 31 heavy (non-hydrogen) atoms. The predicted molar refractivity (Wildman–Crippen MR) is 131 cm³/mol. The molecule has 1 aliphatic rings. The minimum absolute atomic E-state index is 0.0145. The number of rotatable bonds is 8. The second-order valence-electron chi connectivity index (χ2n) is 10.1. The highest BCUT2D eigenvalue weighted by atomic mass is 28.4. The van der Waals surface area contributed by atoms with Crippen LogP contribution in [0.2, 0.25) is 5.04 Å².